The monoisotopic (exact) mass is 548 g/mol. The van der Waals surface area contributed by atoms with E-state index in [9.17, 15) is 13.7 Å². The summed E-state index contributed by atoms with van der Waals surface area (Å²) in [4.78, 5) is 0. The van der Waals surface area contributed by atoms with Gasteiger partial charge in [-0.1, -0.05) is 17.7 Å². The van der Waals surface area contributed by atoms with Gasteiger partial charge in [-0.3, -0.25) is 0 Å². The van der Waals surface area contributed by atoms with E-state index in [-0.39, 0.29) is 11.5 Å². The highest BCUT2D eigenvalue weighted by Crippen LogP contribution is 2.55. The lowest BCUT2D eigenvalue weighted by Crippen LogP contribution is -2.51. The molecule has 3 fully saturated rings. The maximum absolute atomic E-state index is 11.7. The summed E-state index contributed by atoms with van der Waals surface area (Å²) in [6.45, 7) is 0.895. The first-order valence-electron chi connectivity index (χ1n) is 12.4. The summed E-state index contributed by atoms with van der Waals surface area (Å²) in [5, 5.41) is 10.1. The van der Waals surface area contributed by atoms with E-state index in [2.05, 4.69) is 22.9 Å². The molecule has 6 rings (SSSR count). The number of hydrogen-bond acceptors (Lipinski definition) is 5. The number of hydrogen-bond donors (Lipinski definition) is 1. The molecule has 1 N–H and O–H groups in total. The fourth-order valence-corrected chi connectivity index (χ4v) is 7.84. The molecule has 0 radical (unpaired) electrons. The number of nitriles is 1. The Kier molecular flexibility index (Phi) is 7.17. The van der Waals surface area contributed by atoms with Crippen molar-refractivity contribution in [1.82, 2.24) is 4.72 Å². The van der Waals surface area contributed by atoms with Crippen LogP contribution in [0.25, 0.3) is 0 Å². The molecule has 6 nitrogen and oxygen atoms in total. The third-order valence-electron chi connectivity index (χ3n) is 7.83. The van der Waals surface area contributed by atoms with Gasteiger partial charge in [-0.15, -0.1) is 11.6 Å². The minimum Gasteiger partial charge on any atom is -0.493 e. The van der Waals surface area contributed by atoms with Crippen LogP contribution < -0.4 is 14.2 Å². The zero-order valence-electron chi connectivity index (χ0n) is 20.2. The Balaban J connectivity index is 1.29. The van der Waals surface area contributed by atoms with Crippen LogP contribution in [0, 0.1) is 23.2 Å². The molecule has 9 heteroatoms. The Morgan fingerprint density at radius 2 is 2.00 bits per heavy atom. The van der Waals surface area contributed by atoms with E-state index in [0.717, 1.165) is 49.8 Å². The largest absolute Gasteiger partial charge is 0.493 e. The average molecular weight is 550 g/mol. The zero-order chi connectivity index (χ0) is 25.5. The van der Waals surface area contributed by atoms with Gasteiger partial charge in [0, 0.05) is 11.5 Å². The molecule has 2 atom stereocenters. The van der Waals surface area contributed by atoms with E-state index in [4.69, 9.17) is 32.7 Å². The van der Waals surface area contributed by atoms with Crippen molar-refractivity contribution in [2.45, 2.75) is 50.0 Å². The second-order valence-electron chi connectivity index (χ2n) is 10.4. The molecule has 2 aromatic carbocycles. The predicted molar refractivity (Wildman–Crippen MR) is 141 cm³/mol. The van der Waals surface area contributed by atoms with Gasteiger partial charge in [0.2, 0.25) is 10.0 Å². The lowest BCUT2D eigenvalue weighted by atomic mass is 9.77. The number of nitrogens with one attached hydrogen (secondary N) is 1. The number of alkyl halides is 1. The minimum atomic E-state index is -3.20. The molecule has 0 amide bonds. The number of halogens is 2. The number of fused-ring (bicyclic) bond motifs is 2. The van der Waals surface area contributed by atoms with E-state index in [1.165, 1.54) is 17.4 Å². The SMILES string of the molecule is CS(=O)(=O)NC12CC(C1)[C@@H](COc1ccc3c(c1)CCCC3c1cc(Cl)c(OCCCl)c(C#N)c1)C2. The molecule has 0 saturated heterocycles. The summed E-state index contributed by atoms with van der Waals surface area (Å²) in [7, 11) is -3.20. The zero-order valence-corrected chi connectivity index (χ0v) is 22.6. The Hall–Kier alpha value is -1.98. The van der Waals surface area contributed by atoms with Crippen molar-refractivity contribution in [2.75, 3.05) is 25.3 Å². The van der Waals surface area contributed by atoms with Gasteiger partial charge in [-0.2, -0.15) is 5.26 Å². The highest BCUT2D eigenvalue weighted by atomic mass is 35.5. The summed E-state index contributed by atoms with van der Waals surface area (Å²) < 4.78 is 38.1. The average Bonchev–Trinajstić information content (AvgIpc) is 3.33. The van der Waals surface area contributed by atoms with Crippen molar-refractivity contribution >= 4 is 33.2 Å². The van der Waals surface area contributed by atoms with Gasteiger partial charge in [0.05, 0.1) is 29.3 Å². The molecule has 192 valence electrons. The number of ether oxygens (including phenoxy) is 2. The smallest absolute Gasteiger partial charge is 0.209 e. The normalized spacial score (nSPS) is 26.6. The van der Waals surface area contributed by atoms with Crippen LogP contribution in [-0.2, 0) is 16.4 Å². The van der Waals surface area contributed by atoms with Crippen LogP contribution in [0.1, 0.15) is 60.3 Å². The third-order valence-corrected chi connectivity index (χ3v) is 9.07. The van der Waals surface area contributed by atoms with Crippen LogP contribution in [0.5, 0.6) is 11.5 Å². The van der Waals surface area contributed by atoms with Gasteiger partial charge in [-0.25, -0.2) is 13.1 Å². The Labute approximate surface area is 222 Å². The van der Waals surface area contributed by atoms with E-state index in [1.54, 1.807) is 0 Å². The molecule has 0 aromatic heterocycles. The molecule has 0 spiro atoms. The van der Waals surface area contributed by atoms with Crippen molar-refractivity contribution in [3.05, 3.63) is 57.6 Å². The van der Waals surface area contributed by atoms with Gasteiger partial charge < -0.3 is 9.47 Å². The van der Waals surface area contributed by atoms with Crippen molar-refractivity contribution < 1.29 is 17.9 Å². The quantitative estimate of drug-likeness (QED) is 0.424. The maximum Gasteiger partial charge on any atom is 0.209 e. The molecular weight excluding hydrogens is 519 g/mol. The minimum absolute atomic E-state index is 0.151. The third kappa shape index (κ3) is 5.19. The summed E-state index contributed by atoms with van der Waals surface area (Å²) in [5.41, 5.74) is 3.67. The van der Waals surface area contributed by atoms with Crippen molar-refractivity contribution in [3.63, 3.8) is 0 Å². The Morgan fingerprint density at radius 3 is 2.72 bits per heavy atom. The van der Waals surface area contributed by atoms with Gasteiger partial charge in [0.25, 0.3) is 0 Å². The molecule has 3 saturated carbocycles. The highest BCUT2D eigenvalue weighted by Gasteiger charge is 2.57. The number of sulfonamides is 1. The number of benzene rings is 2. The summed E-state index contributed by atoms with van der Waals surface area (Å²) >= 11 is 12.2. The van der Waals surface area contributed by atoms with Crippen LogP contribution in [-0.4, -0.2) is 39.3 Å². The van der Waals surface area contributed by atoms with Crippen LogP contribution in [0.4, 0.5) is 0 Å². The van der Waals surface area contributed by atoms with Crippen LogP contribution in [0.2, 0.25) is 5.02 Å². The van der Waals surface area contributed by atoms with Gasteiger partial charge >= 0.3 is 0 Å². The lowest BCUT2D eigenvalue weighted by molar-refractivity contribution is 0.182. The summed E-state index contributed by atoms with van der Waals surface area (Å²) in [5.74, 6) is 2.61. The molecule has 36 heavy (non-hydrogen) atoms. The molecule has 4 aliphatic rings. The van der Waals surface area contributed by atoms with E-state index < -0.39 is 10.0 Å². The van der Waals surface area contributed by atoms with Crippen LogP contribution >= 0.6 is 23.2 Å². The van der Waals surface area contributed by atoms with Crippen LogP contribution in [0.3, 0.4) is 0 Å². The molecule has 1 unspecified atom stereocenters. The van der Waals surface area contributed by atoms with E-state index in [0.29, 0.717) is 47.3 Å². The number of nitrogens with zero attached hydrogens (tertiary/aromatic N) is 1. The number of aryl methyl sites for hydroxylation is 1. The summed E-state index contributed by atoms with van der Waals surface area (Å²) in [6, 6.07) is 12.3. The fourth-order valence-electron chi connectivity index (χ4n) is 6.44. The second-order valence-corrected chi connectivity index (χ2v) is 13.0. The van der Waals surface area contributed by atoms with E-state index in [1.807, 2.05) is 18.2 Å². The molecule has 0 aliphatic heterocycles. The van der Waals surface area contributed by atoms with Gasteiger partial charge in [-0.05, 0) is 91.3 Å². The molecule has 2 bridgehead atoms. The Bertz CT molecular complexity index is 1300. The summed E-state index contributed by atoms with van der Waals surface area (Å²) in [6.07, 6.45) is 6.88. The van der Waals surface area contributed by atoms with E-state index >= 15 is 0 Å². The highest BCUT2D eigenvalue weighted by molar-refractivity contribution is 7.88. The first-order valence-corrected chi connectivity index (χ1v) is 15.2. The molecule has 2 aromatic rings. The van der Waals surface area contributed by atoms with Crippen molar-refractivity contribution in [3.8, 4) is 17.6 Å². The molecule has 0 heterocycles. The number of rotatable bonds is 9. The van der Waals surface area contributed by atoms with Gasteiger partial charge in [0.1, 0.15) is 18.4 Å². The molecule has 4 aliphatic carbocycles. The standard InChI is InChI=1S/C27H30Cl2N2O4S/c1-36(32,33)31-27-12-20(13-27)21(14-27)16-35-22-5-6-24-17(10-22)3-2-4-23(24)18-9-19(15-30)26(25(29)11-18)34-8-7-28/h5-6,9-11,20-21,23,31H,2-4,7-8,12-14,16H2,1H3/t20?,21-,23?,27?/m1/s1. The maximum atomic E-state index is 11.7. The lowest BCUT2D eigenvalue weighted by Gasteiger charge is -2.38. The van der Waals surface area contributed by atoms with Crippen LogP contribution in [0.15, 0.2) is 30.3 Å². The predicted octanol–water partition coefficient (Wildman–Crippen LogP) is 5.39. The topological polar surface area (TPSA) is 88.4 Å². The second kappa shape index (κ2) is 10.1. The fraction of sp³-hybridized carbons (Fsp3) is 0.519. The Morgan fingerprint density at radius 1 is 1.19 bits per heavy atom. The van der Waals surface area contributed by atoms with Crippen molar-refractivity contribution in [2.24, 2.45) is 11.8 Å². The first-order chi connectivity index (χ1) is 17.2. The van der Waals surface area contributed by atoms with Gasteiger partial charge in [0.15, 0.2) is 5.75 Å². The first kappa shape index (κ1) is 25.7. The molecular formula is C27H30Cl2N2O4S. The van der Waals surface area contributed by atoms with Crippen molar-refractivity contribution in [1.29, 1.82) is 5.26 Å².